The number of unbranched alkanes of at least 4 members (excludes halogenated alkanes) is 34. The van der Waals surface area contributed by atoms with Crippen LogP contribution >= 0.6 is 7.82 Å². The van der Waals surface area contributed by atoms with Crippen LogP contribution in [0, 0.1) is 0 Å². The molecule has 13 heteroatoms. The van der Waals surface area contributed by atoms with Crippen LogP contribution in [-0.4, -0.2) is 98.9 Å². The normalized spacial score (nSPS) is 21.7. The van der Waals surface area contributed by atoms with E-state index < -0.39 is 63.1 Å². The van der Waals surface area contributed by atoms with Gasteiger partial charge in [0.1, 0.15) is 42.7 Å². The maximum absolute atomic E-state index is 12.8. The van der Waals surface area contributed by atoms with Gasteiger partial charge in [-0.25, -0.2) is 4.57 Å². The SMILES string of the molecule is CCCCCCCCCCCCCCCCCCCCCCCCCC(=O)OC(COCCCCCCCCCCCCCCC)COP(=O)(O)OC1C(O)C(O)C(O)C(O)C1O. The molecule has 12 nitrogen and oxygen atoms in total. The van der Waals surface area contributed by atoms with E-state index in [2.05, 4.69) is 13.8 Å². The van der Waals surface area contributed by atoms with Gasteiger partial charge in [0.05, 0.1) is 13.2 Å². The van der Waals surface area contributed by atoms with Crippen LogP contribution in [0.3, 0.4) is 0 Å². The van der Waals surface area contributed by atoms with Gasteiger partial charge in [0, 0.05) is 13.0 Å². The predicted molar refractivity (Wildman–Crippen MR) is 254 cm³/mol. The van der Waals surface area contributed by atoms with Gasteiger partial charge in [-0.05, 0) is 12.8 Å². The number of hydrogen-bond acceptors (Lipinski definition) is 11. The van der Waals surface area contributed by atoms with Crippen molar-refractivity contribution in [3.05, 3.63) is 0 Å². The van der Waals surface area contributed by atoms with E-state index in [0.717, 1.165) is 38.5 Å². The van der Waals surface area contributed by atoms with E-state index in [1.807, 2.05) is 0 Å². The molecule has 1 saturated carbocycles. The van der Waals surface area contributed by atoms with E-state index in [-0.39, 0.29) is 13.0 Å². The number of phosphoric acid groups is 1. The first-order valence-electron chi connectivity index (χ1n) is 26.4. The molecule has 376 valence electrons. The number of carbonyl (C=O) groups excluding carboxylic acids is 1. The topological polar surface area (TPSA) is 192 Å². The molecule has 0 amide bonds. The summed E-state index contributed by atoms with van der Waals surface area (Å²) in [5.74, 6) is -0.469. The number of phosphoric ester groups is 1. The summed E-state index contributed by atoms with van der Waals surface area (Å²) < 4.78 is 34.3. The molecule has 0 bridgehead atoms. The summed E-state index contributed by atoms with van der Waals surface area (Å²) in [6.45, 7) is 4.31. The molecule has 0 aliphatic heterocycles. The number of esters is 1. The van der Waals surface area contributed by atoms with Crippen LogP contribution in [0.5, 0.6) is 0 Å². The third kappa shape index (κ3) is 33.5. The lowest BCUT2D eigenvalue weighted by Gasteiger charge is -2.41. The van der Waals surface area contributed by atoms with Crippen LogP contribution in [0.2, 0.25) is 0 Å². The Labute approximate surface area is 385 Å². The monoisotopic (exact) mass is 923 g/mol. The number of hydrogen-bond donors (Lipinski definition) is 6. The second-order valence-electron chi connectivity index (χ2n) is 18.7. The largest absolute Gasteiger partial charge is 0.472 e. The quantitative estimate of drug-likeness (QED) is 0.0193. The Balaban J connectivity index is 2.27. The third-order valence-electron chi connectivity index (χ3n) is 12.7. The molecule has 0 heterocycles. The second kappa shape index (κ2) is 41.5. The highest BCUT2D eigenvalue weighted by Crippen LogP contribution is 2.47. The average Bonchev–Trinajstić information content (AvgIpc) is 3.27. The van der Waals surface area contributed by atoms with Gasteiger partial charge in [-0.3, -0.25) is 13.8 Å². The molecule has 1 fully saturated rings. The standard InChI is InChI=1S/C50H99O12P/c1-3-5-7-9-11-13-15-17-18-19-20-21-22-23-24-25-26-27-29-31-33-35-37-39-44(51)61-43(41-59-40-38-36-34-32-30-28-16-14-12-10-8-6-4-2)42-60-63(57,58)62-50-48(55)46(53)45(52)47(54)49(50)56/h43,45-50,52-56H,3-42H2,1-2H3,(H,57,58). The fourth-order valence-electron chi connectivity index (χ4n) is 8.54. The summed E-state index contributed by atoms with van der Waals surface area (Å²) in [5.41, 5.74) is 0. The third-order valence-corrected chi connectivity index (χ3v) is 13.7. The van der Waals surface area contributed by atoms with Crippen molar-refractivity contribution in [3.8, 4) is 0 Å². The van der Waals surface area contributed by atoms with Crippen molar-refractivity contribution >= 4 is 13.8 Å². The van der Waals surface area contributed by atoms with Crippen LogP contribution in [0.1, 0.15) is 251 Å². The first-order chi connectivity index (χ1) is 30.5. The van der Waals surface area contributed by atoms with Gasteiger partial charge in [0.2, 0.25) is 0 Å². The van der Waals surface area contributed by atoms with E-state index in [0.29, 0.717) is 13.0 Å². The minimum atomic E-state index is -5.01. The van der Waals surface area contributed by atoms with Gasteiger partial charge in [0.15, 0.2) is 0 Å². The number of ether oxygens (including phenoxy) is 2. The Bertz CT molecular complexity index is 1050. The maximum Gasteiger partial charge on any atom is 0.472 e. The highest BCUT2D eigenvalue weighted by atomic mass is 31.2. The molecule has 0 aromatic heterocycles. The lowest BCUT2D eigenvalue weighted by Crippen LogP contribution is -2.64. The van der Waals surface area contributed by atoms with Crippen LogP contribution in [0.25, 0.3) is 0 Å². The second-order valence-corrected chi connectivity index (χ2v) is 20.2. The van der Waals surface area contributed by atoms with Crippen LogP contribution < -0.4 is 0 Å². The fourth-order valence-corrected chi connectivity index (χ4v) is 9.51. The van der Waals surface area contributed by atoms with Crippen molar-refractivity contribution in [2.45, 2.75) is 294 Å². The first-order valence-corrected chi connectivity index (χ1v) is 27.9. The molecule has 0 aromatic rings. The Morgan fingerprint density at radius 2 is 0.746 bits per heavy atom. The van der Waals surface area contributed by atoms with E-state index in [9.17, 15) is 39.8 Å². The Hall–Kier alpha value is -0.660. The van der Waals surface area contributed by atoms with E-state index in [4.69, 9.17) is 18.5 Å². The van der Waals surface area contributed by atoms with Gasteiger partial charge in [0.25, 0.3) is 0 Å². The maximum atomic E-state index is 12.8. The average molecular weight is 923 g/mol. The van der Waals surface area contributed by atoms with Gasteiger partial charge in [-0.1, -0.05) is 232 Å². The van der Waals surface area contributed by atoms with Gasteiger partial charge < -0.3 is 39.9 Å². The molecular weight excluding hydrogens is 824 g/mol. The predicted octanol–water partition coefficient (Wildman–Crippen LogP) is 11.7. The summed E-state index contributed by atoms with van der Waals surface area (Å²) in [6.07, 6.45) is 33.2. The van der Waals surface area contributed by atoms with Crippen molar-refractivity contribution in [3.63, 3.8) is 0 Å². The van der Waals surface area contributed by atoms with Crippen molar-refractivity contribution in [1.29, 1.82) is 0 Å². The van der Waals surface area contributed by atoms with E-state index in [1.54, 1.807) is 0 Å². The van der Waals surface area contributed by atoms with Crippen molar-refractivity contribution in [1.82, 2.24) is 0 Å². The smallest absolute Gasteiger partial charge is 0.457 e. The highest BCUT2D eigenvalue weighted by molar-refractivity contribution is 7.47. The molecule has 6 unspecified atom stereocenters. The molecular formula is C50H99O12P. The lowest BCUT2D eigenvalue weighted by molar-refractivity contribution is -0.220. The molecule has 0 spiro atoms. The number of carbonyl (C=O) groups is 1. The summed E-state index contributed by atoms with van der Waals surface area (Å²) in [7, 11) is -5.01. The van der Waals surface area contributed by atoms with Crippen LogP contribution in [0.4, 0.5) is 0 Å². The molecule has 1 aliphatic rings. The summed E-state index contributed by atoms with van der Waals surface area (Å²) in [6, 6.07) is 0. The number of aliphatic hydroxyl groups excluding tert-OH is 5. The van der Waals surface area contributed by atoms with Gasteiger partial charge >= 0.3 is 13.8 Å². The minimum Gasteiger partial charge on any atom is -0.457 e. The zero-order chi connectivity index (χ0) is 46.2. The summed E-state index contributed by atoms with van der Waals surface area (Å²) in [5, 5.41) is 50.3. The molecule has 6 atom stereocenters. The zero-order valence-electron chi connectivity index (χ0n) is 40.4. The van der Waals surface area contributed by atoms with E-state index >= 15 is 0 Å². The Kier molecular flexibility index (Phi) is 39.8. The van der Waals surface area contributed by atoms with Crippen LogP contribution in [-0.2, 0) is 27.9 Å². The van der Waals surface area contributed by atoms with Crippen LogP contribution in [0.15, 0.2) is 0 Å². The molecule has 6 N–H and O–H groups in total. The minimum absolute atomic E-state index is 0.0678. The Morgan fingerprint density at radius 3 is 1.10 bits per heavy atom. The Morgan fingerprint density at radius 1 is 0.444 bits per heavy atom. The van der Waals surface area contributed by atoms with Crippen molar-refractivity contribution in [2.24, 2.45) is 0 Å². The molecule has 1 aliphatic carbocycles. The van der Waals surface area contributed by atoms with Gasteiger partial charge in [-0.15, -0.1) is 0 Å². The molecule has 0 radical (unpaired) electrons. The van der Waals surface area contributed by atoms with Crippen molar-refractivity contribution in [2.75, 3.05) is 19.8 Å². The molecule has 63 heavy (non-hydrogen) atoms. The summed E-state index contributed by atoms with van der Waals surface area (Å²) >= 11 is 0. The van der Waals surface area contributed by atoms with Gasteiger partial charge in [-0.2, -0.15) is 0 Å². The number of aliphatic hydroxyl groups is 5. The summed E-state index contributed by atoms with van der Waals surface area (Å²) in [4.78, 5) is 23.2. The molecule has 1 rings (SSSR count). The number of rotatable bonds is 46. The highest BCUT2D eigenvalue weighted by Gasteiger charge is 2.51. The zero-order valence-corrected chi connectivity index (χ0v) is 41.3. The molecule has 0 aromatic carbocycles. The lowest BCUT2D eigenvalue weighted by atomic mass is 9.85. The fraction of sp³-hybridized carbons (Fsp3) is 0.980. The van der Waals surface area contributed by atoms with E-state index in [1.165, 1.54) is 186 Å². The first kappa shape index (κ1) is 60.4. The molecule has 0 saturated heterocycles. The van der Waals surface area contributed by atoms with Crippen molar-refractivity contribution < 1.29 is 58.3 Å².